The van der Waals surface area contributed by atoms with Gasteiger partial charge in [-0.1, -0.05) is 6.92 Å². The number of amides is 1. The van der Waals surface area contributed by atoms with Gasteiger partial charge in [-0.25, -0.2) is 9.97 Å². The van der Waals surface area contributed by atoms with Gasteiger partial charge >= 0.3 is 0 Å². The van der Waals surface area contributed by atoms with E-state index in [4.69, 9.17) is 4.42 Å². The third-order valence-corrected chi connectivity index (χ3v) is 6.25. The Morgan fingerprint density at radius 3 is 3.04 bits per heavy atom. The van der Waals surface area contributed by atoms with Gasteiger partial charge in [-0.05, 0) is 25.6 Å². The lowest BCUT2D eigenvalue weighted by Crippen LogP contribution is -2.29. The largest absolute Gasteiger partial charge is 0.459 e. The van der Waals surface area contributed by atoms with E-state index in [1.54, 1.807) is 11.3 Å². The molecule has 8 heteroatoms. The Balaban J connectivity index is 1.39. The molecule has 1 aliphatic heterocycles. The van der Waals surface area contributed by atoms with Gasteiger partial charge in [0.05, 0.1) is 17.8 Å². The second-order valence-electron chi connectivity index (χ2n) is 6.29. The summed E-state index contributed by atoms with van der Waals surface area (Å²) in [4.78, 5) is 25.1. The number of carbonyl (C=O) groups excluding carboxylic acids is 1. The second-order valence-corrected chi connectivity index (χ2v) is 8.23. The zero-order valence-corrected chi connectivity index (χ0v) is 16.4. The van der Waals surface area contributed by atoms with Crippen LogP contribution in [0.15, 0.2) is 21.9 Å². The van der Waals surface area contributed by atoms with E-state index in [0.717, 1.165) is 54.0 Å². The van der Waals surface area contributed by atoms with Crippen LogP contribution in [0, 0.1) is 6.92 Å². The quantitative estimate of drug-likeness (QED) is 0.721. The van der Waals surface area contributed by atoms with Crippen LogP contribution in [0.1, 0.15) is 28.9 Å². The highest BCUT2D eigenvalue weighted by Crippen LogP contribution is 2.29. The summed E-state index contributed by atoms with van der Waals surface area (Å²) in [5, 5.41) is 6.31. The Morgan fingerprint density at radius 1 is 1.38 bits per heavy atom. The maximum atomic E-state index is 12.4. The molecule has 0 saturated carbocycles. The minimum absolute atomic E-state index is 0.0871. The molecule has 26 heavy (non-hydrogen) atoms. The van der Waals surface area contributed by atoms with Crippen molar-refractivity contribution in [1.82, 2.24) is 14.9 Å². The number of nitrogens with one attached hydrogen (secondary N) is 1. The molecule has 136 valence electrons. The highest BCUT2D eigenvalue weighted by atomic mass is 32.1. The van der Waals surface area contributed by atoms with Crippen LogP contribution >= 0.6 is 22.7 Å². The van der Waals surface area contributed by atoms with Crippen LogP contribution in [-0.4, -0.2) is 33.9 Å². The number of aromatic nitrogens is 2. The number of anilines is 1. The van der Waals surface area contributed by atoms with Crippen molar-refractivity contribution in [2.45, 2.75) is 33.2 Å². The van der Waals surface area contributed by atoms with E-state index in [1.807, 2.05) is 24.4 Å². The van der Waals surface area contributed by atoms with Crippen LogP contribution in [0.25, 0.3) is 10.8 Å². The first-order valence-electron chi connectivity index (χ1n) is 8.62. The summed E-state index contributed by atoms with van der Waals surface area (Å²) in [7, 11) is 0. The van der Waals surface area contributed by atoms with Crippen LogP contribution in [-0.2, 0) is 24.2 Å². The number of carbonyl (C=O) groups is 1. The molecule has 3 aromatic heterocycles. The fraction of sp³-hybridized carbons (Fsp3) is 0.389. The van der Waals surface area contributed by atoms with Gasteiger partial charge in [0.1, 0.15) is 5.76 Å². The highest BCUT2D eigenvalue weighted by molar-refractivity contribution is 7.15. The molecule has 0 saturated heterocycles. The van der Waals surface area contributed by atoms with Crippen molar-refractivity contribution in [3.05, 3.63) is 39.5 Å². The van der Waals surface area contributed by atoms with Crippen molar-refractivity contribution in [3.63, 3.8) is 0 Å². The van der Waals surface area contributed by atoms with Crippen LogP contribution in [0.2, 0.25) is 0 Å². The number of hydrogen-bond donors (Lipinski definition) is 1. The van der Waals surface area contributed by atoms with Crippen LogP contribution in [0.3, 0.4) is 0 Å². The third kappa shape index (κ3) is 3.72. The number of furan rings is 1. The third-order valence-electron chi connectivity index (χ3n) is 4.35. The molecule has 4 heterocycles. The fourth-order valence-corrected chi connectivity index (χ4v) is 4.80. The van der Waals surface area contributed by atoms with Crippen molar-refractivity contribution >= 4 is 33.7 Å². The predicted octanol–water partition coefficient (Wildman–Crippen LogP) is 3.73. The summed E-state index contributed by atoms with van der Waals surface area (Å²) < 4.78 is 5.58. The molecule has 0 unspecified atom stereocenters. The zero-order valence-electron chi connectivity index (χ0n) is 14.7. The molecule has 0 bridgehead atoms. The van der Waals surface area contributed by atoms with Gasteiger partial charge in [0.15, 0.2) is 15.9 Å². The van der Waals surface area contributed by atoms with Gasteiger partial charge in [-0.3, -0.25) is 9.69 Å². The first kappa shape index (κ1) is 17.4. The minimum atomic E-state index is -0.0871. The van der Waals surface area contributed by atoms with E-state index >= 15 is 0 Å². The Morgan fingerprint density at radius 2 is 2.27 bits per heavy atom. The van der Waals surface area contributed by atoms with Crippen molar-refractivity contribution in [1.29, 1.82) is 0 Å². The van der Waals surface area contributed by atoms with Crippen LogP contribution in [0.4, 0.5) is 5.13 Å². The molecule has 1 aliphatic rings. The van der Waals surface area contributed by atoms with Crippen LogP contribution < -0.4 is 5.32 Å². The van der Waals surface area contributed by atoms with Crippen molar-refractivity contribution in [2.75, 3.05) is 18.4 Å². The van der Waals surface area contributed by atoms with Gasteiger partial charge < -0.3 is 9.73 Å². The lowest BCUT2D eigenvalue weighted by Gasteiger charge is -2.23. The summed E-state index contributed by atoms with van der Waals surface area (Å²) in [6.07, 6.45) is 1.19. The fourth-order valence-electron chi connectivity index (χ4n) is 2.95. The molecule has 3 aromatic rings. The Kier molecular flexibility index (Phi) is 4.88. The Hall–Kier alpha value is -2.03. The van der Waals surface area contributed by atoms with E-state index in [-0.39, 0.29) is 12.3 Å². The summed E-state index contributed by atoms with van der Waals surface area (Å²) in [6.45, 7) is 7.08. The standard InChI is InChI=1S/C18H20N4O2S2/c1-3-22-7-6-13-15(9-22)26-18(20-13)21-16(23)8-12-10-25-17(19-12)14-5-4-11(2)24-14/h4-5,10H,3,6-9H2,1-2H3,(H,20,21,23). The van der Waals surface area contributed by atoms with Gasteiger partial charge in [0.2, 0.25) is 5.91 Å². The van der Waals surface area contributed by atoms with E-state index in [9.17, 15) is 4.79 Å². The molecule has 0 spiro atoms. The summed E-state index contributed by atoms with van der Waals surface area (Å²) in [5.74, 6) is 1.51. The first-order valence-corrected chi connectivity index (χ1v) is 10.3. The highest BCUT2D eigenvalue weighted by Gasteiger charge is 2.20. The number of likely N-dealkylation sites (N-methyl/N-ethyl adjacent to an activating group) is 1. The maximum Gasteiger partial charge on any atom is 0.232 e. The number of fused-ring (bicyclic) bond motifs is 1. The van der Waals surface area contributed by atoms with Gasteiger partial charge in [-0.15, -0.1) is 22.7 Å². The van der Waals surface area contributed by atoms with Gasteiger partial charge in [0, 0.05) is 29.8 Å². The molecule has 0 radical (unpaired) electrons. The molecule has 4 rings (SSSR count). The SMILES string of the molecule is CCN1CCc2nc(NC(=O)Cc3csc(-c4ccc(C)o4)n3)sc2C1. The molecule has 1 N–H and O–H groups in total. The average Bonchev–Trinajstić information content (AvgIpc) is 3.33. The molecule has 0 aromatic carbocycles. The monoisotopic (exact) mass is 388 g/mol. The topological polar surface area (TPSA) is 71.3 Å². The summed E-state index contributed by atoms with van der Waals surface area (Å²) in [5.41, 5.74) is 1.87. The van der Waals surface area contributed by atoms with E-state index in [1.165, 1.54) is 16.2 Å². The van der Waals surface area contributed by atoms with Crippen molar-refractivity contribution in [2.24, 2.45) is 0 Å². The molecule has 6 nitrogen and oxygen atoms in total. The number of thiazole rings is 2. The molecular weight excluding hydrogens is 368 g/mol. The zero-order chi connectivity index (χ0) is 18.1. The normalized spacial score (nSPS) is 14.4. The van der Waals surface area contributed by atoms with Crippen molar-refractivity contribution < 1.29 is 9.21 Å². The van der Waals surface area contributed by atoms with E-state index in [2.05, 4.69) is 27.1 Å². The minimum Gasteiger partial charge on any atom is -0.459 e. The second kappa shape index (κ2) is 7.30. The average molecular weight is 389 g/mol. The number of aryl methyl sites for hydroxylation is 1. The molecule has 1 amide bonds. The lowest BCUT2D eigenvalue weighted by atomic mass is 10.2. The number of nitrogens with zero attached hydrogens (tertiary/aromatic N) is 3. The summed E-state index contributed by atoms with van der Waals surface area (Å²) >= 11 is 3.07. The van der Waals surface area contributed by atoms with E-state index < -0.39 is 0 Å². The Labute approximate surface area is 159 Å². The predicted molar refractivity (Wildman–Crippen MR) is 104 cm³/mol. The Bertz CT molecular complexity index is 927. The number of rotatable bonds is 5. The molecular formula is C18H20N4O2S2. The van der Waals surface area contributed by atoms with Crippen molar-refractivity contribution in [3.8, 4) is 10.8 Å². The molecule has 0 atom stereocenters. The molecule has 0 aliphatic carbocycles. The van der Waals surface area contributed by atoms with Gasteiger partial charge in [0.25, 0.3) is 0 Å². The molecule has 0 fully saturated rings. The summed E-state index contributed by atoms with van der Waals surface area (Å²) in [6, 6.07) is 3.81. The smallest absolute Gasteiger partial charge is 0.232 e. The van der Waals surface area contributed by atoms with Crippen LogP contribution in [0.5, 0.6) is 0 Å². The van der Waals surface area contributed by atoms with Gasteiger partial charge in [-0.2, -0.15) is 0 Å². The maximum absolute atomic E-state index is 12.4. The van der Waals surface area contributed by atoms with E-state index in [0.29, 0.717) is 5.13 Å². The number of hydrogen-bond acceptors (Lipinski definition) is 7. The first-order chi connectivity index (χ1) is 12.6. The lowest BCUT2D eigenvalue weighted by molar-refractivity contribution is -0.115.